The number of carbonyl (C=O) groups is 1. The fourth-order valence-electron chi connectivity index (χ4n) is 6.87. The maximum atomic E-state index is 13.0. The number of aromatic nitrogens is 2. The Labute approximate surface area is 249 Å². The molecule has 4 aliphatic rings. The minimum Gasteiger partial charge on any atom is -0.493 e. The van der Waals surface area contributed by atoms with Gasteiger partial charge in [0, 0.05) is 43.9 Å². The first-order valence-electron chi connectivity index (χ1n) is 15.4. The van der Waals surface area contributed by atoms with Crippen molar-refractivity contribution in [3.05, 3.63) is 29.3 Å². The van der Waals surface area contributed by atoms with Gasteiger partial charge in [0.2, 0.25) is 5.95 Å². The molecule has 0 amide bonds. The summed E-state index contributed by atoms with van der Waals surface area (Å²) in [7, 11) is 0. The van der Waals surface area contributed by atoms with Crippen LogP contribution in [0.4, 0.5) is 24.9 Å². The number of halogens is 3. The SMILES string of the molecule is Nc1nc2c(c(N3CCN(CCOC4CC(C(=O)O)C4)CC3)n1)CCc1cc(OCC3CCC(C(F)(F)F)CC3)ccc1-2. The Hall–Kier alpha value is -3.12. The first-order chi connectivity index (χ1) is 20.6. The van der Waals surface area contributed by atoms with E-state index in [-0.39, 0.29) is 36.7 Å². The van der Waals surface area contributed by atoms with Gasteiger partial charge in [0.15, 0.2) is 0 Å². The zero-order valence-electron chi connectivity index (χ0n) is 24.3. The summed E-state index contributed by atoms with van der Waals surface area (Å²) in [5.74, 6) is -0.140. The van der Waals surface area contributed by atoms with E-state index >= 15 is 0 Å². The van der Waals surface area contributed by atoms with Crippen molar-refractivity contribution in [1.82, 2.24) is 14.9 Å². The molecule has 2 heterocycles. The Morgan fingerprint density at radius 1 is 1.05 bits per heavy atom. The number of hydrogen-bond donors (Lipinski definition) is 2. The van der Waals surface area contributed by atoms with Crippen LogP contribution in [0.1, 0.15) is 49.7 Å². The van der Waals surface area contributed by atoms with E-state index in [1.165, 1.54) is 0 Å². The third-order valence-corrected chi connectivity index (χ3v) is 9.65. The van der Waals surface area contributed by atoms with Gasteiger partial charge in [-0.25, -0.2) is 4.98 Å². The summed E-state index contributed by atoms with van der Waals surface area (Å²) in [6.07, 6.45) is 0.237. The molecule has 3 aliphatic carbocycles. The number of nitrogens with two attached hydrogens (primary N) is 1. The molecule has 2 aromatic rings. The molecule has 2 saturated carbocycles. The molecule has 1 saturated heterocycles. The lowest BCUT2D eigenvalue weighted by atomic mass is 9.82. The second kappa shape index (κ2) is 12.5. The van der Waals surface area contributed by atoms with E-state index in [9.17, 15) is 18.0 Å². The normalized spacial score (nSPS) is 25.9. The topological polar surface area (TPSA) is 114 Å². The van der Waals surface area contributed by atoms with Crippen LogP contribution in [0, 0.1) is 17.8 Å². The summed E-state index contributed by atoms with van der Waals surface area (Å²) in [5.41, 5.74) is 10.3. The maximum absolute atomic E-state index is 13.0. The Bertz CT molecular complexity index is 1300. The van der Waals surface area contributed by atoms with Crippen molar-refractivity contribution in [3.8, 4) is 17.0 Å². The molecule has 0 bridgehead atoms. The predicted octanol–water partition coefficient (Wildman–Crippen LogP) is 4.57. The predicted molar refractivity (Wildman–Crippen MR) is 155 cm³/mol. The quantitative estimate of drug-likeness (QED) is 0.425. The van der Waals surface area contributed by atoms with E-state index in [2.05, 4.69) is 19.8 Å². The summed E-state index contributed by atoms with van der Waals surface area (Å²) >= 11 is 0. The molecule has 3 fully saturated rings. The Kier molecular flexibility index (Phi) is 8.68. The van der Waals surface area contributed by atoms with Crippen LogP contribution >= 0.6 is 0 Å². The van der Waals surface area contributed by atoms with Crippen molar-refractivity contribution < 1.29 is 32.5 Å². The van der Waals surface area contributed by atoms with Gasteiger partial charge in [-0.2, -0.15) is 18.2 Å². The molecule has 0 atom stereocenters. The second-order valence-corrected chi connectivity index (χ2v) is 12.4. The van der Waals surface area contributed by atoms with E-state index in [1.807, 2.05) is 18.2 Å². The van der Waals surface area contributed by atoms with Crippen LogP contribution in [0.2, 0.25) is 0 Å². The minimum absolute atomic E-state index is 0.0649. The first kappa shape index (κ1) is 29.9. The highest BCUT2D eigenvalue weighted by Crippen LogP contribution is 2.41. The second-order valence-electron chi connectivity index (χ2n) is 12.4. The molecular formula is C31H40F3N5O4. The van der Waals surface area contributed by atoms with Gasteiger partial charge < -0.3 is 25.2 Å². The zero-order valence-corrected chi connectivity index (χ0v) is 24.3. The van der Waals surface area contributed by atoms with Crippen LogP contribution in [-0.2, 0) is 22.4 Å². The van der Waals surface area contributed by atoms with Crippen molar-refractivity contribution in [2.45, 2.75) is 63.6 Å². The molecule has 0 unspecified atom stereocenters. The van der Waals surface area contributed by atoms with Crippen LogP contribution in [0.5, 0.6) is 5.75 Å². The van der Waals surface area contributed by atoms with Crippen LogP contribution in [0.3, 0.4) is 0 Å². The van der Waals surface area contributed by atoms with Crippen molar-refractivity contribution in [1.29, 1.82) is 0 Å². The van der Waals surface area contributed by atoms with Crippen molar-refractivity contribution in [2.75, 3.05) is 56.6 Å². The number of carboxylic acids is 1. The monoisotopic (exact) mass is 603 g/mol. The van der Waals surface area contributed by atoms with Crippen LogP contribution in [0.25, 0.3) is 11.3 Å². The van der Waals surface area contributed by atoms with Crippen LogP contribution in [0.15, 0.2) is 18.2 Å². The van der Waals surface area contributed by atoms with Gasteiger partial charge in [0.25, 0.3) is 0 Å². The average Bonchev–Trinajstić information content (AvgIpc) is 2.96. The fraction of sp³-hybridized carbons (Fsp3) is 0.645. The van der Waals surface area contributed by atoms with E-state index in [0.717, 1.165) is 79.5 Å². The number of aliphatic carboxylic acids is 1. The number of nitrogen functional groups attached to an aromatic ring is 1. The highest BCUT2D eigenvalue weighted by Gasteiger charge is 2.41. The molecule has 43 heavy (non-hydrogen) atoms. The van der Waals surface area contributed by atoms with E-state index < -0.39 is 18.1 Å². The van der Waals surface area contributed by atoms with Gasteiger partial charge in [0.05, 0.1) is 36.8 Å². The van der Waals surface area contributed by atoms with Gasteiger partial charge >= 0.3 is 12.1 Å². The number of alkyl halides is 3. The Morgan fingerprint density at radius 3 is 2.49 bits per heavy atom. The minimum atomic E-state index is -4.09. The number of anilines is 2. The maximum Gasteiger partial charge on any atom is 0.391 e. The van der Waals surface area contributed by atoms with Gasteiger partial charge in [0.1, 0.15) is 11.6 Å². The number of nitrogens with zero attached hydrogens (tertiary/aromatic N) is 4. The molecule has 1 aliphatic heterocycles. The zero-order chi connectivity index (χ0) is 30.1. The van der Waals surface area contributed by atoms with E-state index in [0.29, 0.717) is 38.9 Å². The summed E-state index contributed by atoms with van der Waals surface area (Å²) in [6.45, 7) is 5.24. The molecular weight excluding hydrogens is 563 g/mol. The Balaban J connectivity index is 1.03. The number of hydrogen-bond acceptors (Lipinski definition) is 8. The van der Waals surface area contributed by atoms with Crippen molar-refractivity contribution >= 4 is 17.7 Å². The van der Waals surface area contributed by atoms with Gasteiger partial charge in [-0.15, -0.1) is 0 Å². The number of aryl methyl sites for hydroxylation is 1. The number of piperazine rings is 1. The molecule has 0 spiro atoms. The summed E-state index contributed by atoms with van der Waals surface area (Å²) in [4.78, 5) is 24.9. The van der Waals surface area contributed by atoms with Crippen LogP contribution < -0.4 is 15.4 Å². The standard InChI is InChI=1S/C31H40F3N5O4/c32-31(33,34)22-4-1-19(2-5-22)18-43-23-6-8-25-20(15-23)3-7-26-27(25)36-30(35)37-28(26)39-11-9-38(10-12-39)13-14-42-24-16-21(17-24)29(40)41/h6,8,15,19,21-22,24H,1-5,7,9-14,16-18H2,(H,40,41)(H2,35,36,37). The van der Waals surface area contributed by atoms with Gasteiger partial charge in [-0.1, -0.05) is 0 Å². The molecule has 12 heteroatoms. The van der Waals surface area contributed by atoms with Crippen molar-refractivity contribution in [3.63, 3.8) is 0 Å². The fourth-order valence-corrected chi connectivity index (χ4v) is 6.87. The van der Waals surface area contributed by atoms with E-state index in [4.69, 9.17) is 20.3 Å². The third-order valence-electron chi connectivity index (χ3n) is 9.65. The number of ether oxygens (including phenoxy) is 2. The summed E-state index contributed by atoms with van der Waals surface area (Å²) in [5, 5.41) is 9.02. The van der Waals surface area contributed by atoms with Gasteiger partial charge in [-0.05, 0) is 81.0 Å². The average molecular weight is 604 g/mol. The summed E-state index contributed by atoms with van der Waals surface area (Å²) in [6, 6.07) is 5.96. The third kappa shape index (κ3) is 6.85. The number of carboxylic acid groups (broad SMARTS) is 1. The molecule has 3 N–H and O–H groups in total. The van der Waals surface area contributed by atoms with Crippen molar-refractivity contribution in [2.24, 2.45) is 17.8 Å². The van der Waals surface area contributed by atoms with Gasteiger partial charge in [-0.3, -0.25) is 9.69 Å². The highest BCUT2D eigenvalue weighted by atomic mass is 19.4. The lowest BCUT2D eigenvalue weighted by molar-refractivity contribution is -0.184. The Morgan fingerprint density at radius 2 is 1.79 bits per heavy atom. The number of rotatable bonds is 9. The number of benzene rings is 1. The first-order valence-corrected chi connectivity index (χ1v) is 15.4. The molecule has 0 radical (unpaired) electrons. The smallest absolute Gasteiger partial charge is 0.391 e. The molecule has 1 aromatic carbocycles. The number of fused-ring (bicyclic) bond motifs is 3. The largest absolute Gasteiger partial charge is 0.493 e. The lowest BCUT2D eigenvalue weighted by Crippen LogP contribution is -2.48. The molecule has 234 valence electrons. The lowest BCUT2D eigenvalue weighted by Gasteiger charge is -2.38. The molecule has 9 nitrogen and oxygen atoms in total. The molecule has 1 aromatic heterocycles. The molecule has 6 rings (SSSR count). The van der Waals surface area contributed by atoms with E-state index in [1.54, 1.807) is 0 Å². The van der Waals surface area contributed by atoms with Crippen LogP contribution in [-0.4, -0.2) is 84.2 Å². The summed E-state index contributed by atoms with van der Waals surface area (Å²) < 4.78 is 50.9. The highest BCUT2D eigenvalue weighted by molar-refractivity contribution is 5.76.